The number of hydrogen-bond donors (Lipinski definition) is 1. The molecule has 1 aliphatic carbocycles. The van der Waals surface area contributed by atoms with Crippen LogP contribution in [0, 0.1) is 0 Å². The van der Waals surface area contributed by atoms with Crippen molar-refractivity contribution in [2.45, 2.75) is 31.9 Å². The minimum atomic E-state index is -2.77. The Hall–Kier alpha value is -1.42. The summed E-state index contributed by atoms with van der Waals surface area (Å²) < 4.78 is 28.4. The molecule has 0 heterocycles. The zero-order chi connectivity index (χ0) is 13.0. The van der Waals surface area contributed by atoms with Crippen molar-refractivity contribution in [1.29, 1.82) is 0 Å². The molecule has 1 unspecified atom stereocenters. The van der Waals surface area contributed by atoms with Gasteiger partial charge in [-0.3, -0.25) is 0 Å². The van der Waals surface area contributed by atoms with Crippen LogP contribution in [0.25, 0.3) is 0 Å². The zero-order valence-electron chi connectivity index (χ0n) is 10.3. The highest BCUT2D eigenvalue weighted by Gasteiger charge is 2.17. The first-order chi connectivity index (χ1) is 8.70. The lowest BCUT2D eigenvalue weighted by Gasteiger charge is -2.18. The van der Waals surface area contributed by atoms with E-state index in [1.807, 2.05) is 19.2 Å². The van der Waals surface area contributed by atoms with E-state index < -0.39 is 6.61 Å². The molecule has 2 rings (SSSR count). The number of hydrogen-bond acceptors (Lipinski definition) is 2. The molecule has 1 N–H and O–H groups in total. The first-order valence-electron chi connectivity index (χ1n) is 6.11. The van der Waals surface area contributed by atoms with Gasteiger partial charge in [-0.25, -0.2) is 0 Å². The Labute approximate surface area is 106 Å². The molecular weight excluding hydrogens is 236 g/mol. The first kappa shape index (κ1) is 13.0. The van der Waals surface area contributed by atoms with Crippen LogP contribution in [0.1, 0.15) is 30.9 Å². The number of halogens is 2. The van der Waals surface area contributed by atoms with E-state index in [-0.39, 0.29) is 11.8 Å². The van der Waals surface area contributed by atoms with Gasteiger partial charge in [0.15, 0.2) is 0 Å². The van der Waals surface area contributed by atoms with Crippen LogP contribution in [-0.2, 0) is 0 Å². The van der Waals surface area contributed by atoms with Crippen LogP contribution in [0.2, 0.25) is 0 Å². The maximum absolute atomic E-state index is 12.0. The molecular formula is C14H17F2NO. The quantitative estimate of drug-likeness (QED) is 0.809. The molecule has 0 saturated carbocycles. The van der Waals surface area contributed by atoms with Crippen LogP contribution in [0.3, 0.4) is 0 Å². The van der Waals surface area contributed by atoms with E-state index in [0.717, 1.165) is 18.4 Å². The van der Waals surface area contributed by atoms with E-state index in [1.165, 1.54) is 12.0 Å². The Kier molecular flexibility index (Phi) is 4.31. The van der Waals surface area contributed by atoms with E-state index in [9.17, 15) is 8.78 Å². The van der Waals surface area contributed by atoms with E-state index in [2.05, 4.69) is 16.1 Å². The van der Waals surface area contributed by atoms with Crippen molar-refractivity contribution in [3.63, 3.8) is 0 Å². The third-order valence-electron chi connectivity index (χ3n) is 3.17. The van der Waals surface area contributed by atoms with Crippen LogP contribution in [0.15, 0.2) is 35.9 Å². The fourth-order valence-corrected chi connectivity index (χ4v) is 2.37. The number of alkyl halides is 2. The van der Waals surface area contributed by atoms with Gasteiger partial charge in [-0.05, 0) is 44.0 Å². The Morgan fingerprint density at radius 1 is 1.22 bits per heavy atom. The average Bonchev–Trinajstić information content (AvgIpc) is 2.85. The van der Waals surface area contributed by atoms with Crippen molar-refractivity contribution in [3.8, 4) is 5.75 Å². The number of allylic oxidation sites excluding steroid dienone is 1. The van der Waals surface area contributed by atoms with Crippen molar-refractivity contribution in [2.24, 2.45) is 0 Å². The van der Waals surface area contributed by atoms with Crippen LogP contribution in [-0.4, -0.2) is 13.7 Å². The van der Waals surface area contributed by atoms with Gasteiger partial charge in [0.05, 0.1) is 6.04 Å². The number of likely N-dealkylation sites (N-methyl/N-ethyl adjacent to an activating group) is 1. The smallest absolute Gasteiger partial charge is 0.387 e. The fourth-order valence-electron chi connectivity index (χ4n) is 2.37. The van der Waals surface area contributed by atoms with E-state index in [1.54, 1.807) is 12.1 Å². The van der Waals surface area contributed by atoms with Crippen LogP contribution in [0.4, 0.5) is 8.78 Å². The van der Waals surface area contributed by atoms with Gasteiger partial charge in [0, 0.05) is 0 Å². The van der Waals surface area contributed by atoms with Gasteiger partial charge in [-0.1, -0.05) is 23.8 Å². The molecule has 4 heteroatoms. The van der Waals surface area contributed by atoms with Gasteiger partial charge in [0.25, 0.3) is 0 Å². The molecule has 0 amide bonds. The van der Waals surface area contributed by atoms with Crippen LogP contribution < -0.4 is 10.1 Å². The van der Waals surface area contributed by atoms with Crippen molar-refractivity contribution in [2.75, 3.05) is 7.05 Å². The molecule has 0 radical (unpaired) electrons. The number of nitrogens with one attached hydrogen (secondary N) is 1. The van der Waals surface area contributed by atoms with Gasteiger partial charge in [-0.15, -0.1) is 0 Å². The molecule has 1 aliphatic rings. The third-order valence-corrected chi connectivity index (χ3v) is 3.17. The summed E-state index contributed by atoms with van der Waals surface area (Å²) in [6.45, 7) is -2.77. The van der Waals surface area contributed by atoms with Gasteiger partial charge >= 0.3 is 6.61 Å². The summed E-state index contributed by atoms with van der Waals surface area (Å²) in [6, 6.07) is 7.01. The minimum absolute atomic E-state index is 0.174. The predicted octanol–water partition coefficient (Wildman–Crippen LogP) is 3.66. The van der Waals surface area contributed by atoms with Crippen molar-refractivity contribution < 1.29 is 13.5 Å². The van der Waals surface area contributed by atoms with Crippen LogP contribution in [0.5, 0.6) is 5.75 Å². The highest BCUT2D eigenvalue weighted by molar-refractivity contribution is 5.34. The zero-order valence-corrected chi connectivity index (χ0v) is 10.3. The third kappa shape index (κ3) is 3.07. The molecule has 1 aromatic carbocycles. The highest BCUT2D eigenvalue weighted by atomic mass is 19.3. The van der Waals surface area contributed by atoms with Crippen molar-refractivity contribution in [3.05, 3.63) is 41.5 Å². The maximum atomic E-state index is 12.0. The molecule has 0 saturated heterocycles. The second-order valence-corrected chi connectivity index (χ2v) is 4.34. The first-order valence-corrected chi connectivity index (χ1v) is 6.11. The summed E-state index contributed by atoms with van der Waals surface area (Å²) in [4.78, 5) is 0. The summed E-state index contributed by atoms with van der Waals surface area (Å²) in [5, 5.41) is 3.26. The molecule has 0 aliphatic heterocycles. The summed E-state index contributed by atoms with van der Waals surface area (Å²) in [5.74, 6) is 0.198. The molecule has 0 spiro atoms. The minimum Gasteiger partial charge on any atom is -0.435 e. The molecule has 18 heavy (non-hydrogen) atoms. The molecule has 2 nitrogen and oxygen atoms in total. The van der Waals surface area contributed by atoms with Gasteiger partial charge in [0.1, 0.15) is 5.75 Å². The number of ether oxygens (including phenoxy) is 1. The summed E-state index contributed by atoms with van der Waals surface area (Å²) in [5.41, 5.74) is 2.45. The molecule has 98 valence electrons. The molecule has 1 aromatic rings. The lowest BCUT2D eigenvalue weighted by Crippen LogP contribution is -2.17. The second-order valence-electron chi connectivity index (χ2n) is 4.34. The highest BCUT2D eigenvalue weighted by Crippen LogP contribution is 2.31. The molecule has 0 fully saturated rings. The largest absolute Gasteiger partial charge is 0.435 e. The second kappa shape index (κ2) is 5.96. The van der Waals surface area contributed by atoms with E-state index in [0.29, 0.717) is 0 Å². The van der Waals surface area contributed by atoms with Crippen LogP contribution >= 0.6 is 0 Å². The van der Waals surface area contributed by atoms with E-state index in [4.69, 9.17) is 0 Å². The number of benzene rings is 1. The lowest BCUT2D eigenvalue weighted by molar-refractivity contribution is -0.0498. The monoisotopic (exact) mass is 253 g/mol. The Morgan fingerprint density at radius 3 is 2.44 bits per heavy atom. The molecule has 0 aromatic heterocycles. The molecule has 0 bridgehead atoms. The maximum Gasteiger partial charge on any atom is 0.387 e. The topological polar surface area (TPSA) is 21.3 Å². The summed E-state index contributed by atoms with van der Waals surface area (Å²) in [7, 11) is 1.91. The summed E-state index contributed by atoms with van der Waals surface area (Å²) in [6.07, 6.45) is 5.67. The standard InChI is InChI=1S/C14H17F2NO/c1-17-13(10-4-2-3-5-10)11-6-8-12(9-7-11)18-14(15)16/h4,6-9,13-14,17H,2-3,5H2,1H3. The van der Waals surface area contributed by atoms with Gasteiger partial charge in [0.2, 0.25) is 0 Å². The normalized spacial score (nSPS) is 16.8. The van der Waals surface area contributed by atoms with Gasteiger partial charge in [-0.2, -0.15) is 8.78 Å². The fraction of sp³-hybridized carbons (Fsp3) is 0.429. The van der Waals surface area contributed by atoms with Crippen molar-refractivity contribution >= 4 is 0 Å². The molecule has 1 atom stereocenters. The predicted molar refractivity (Wildman–Crippen MR) is 66.8 cm³/mol. The van der Waals surface area contributed by atoms with Gasteiger partial charge < -0.3 is 10.1 Å². The average molecular weight is 253 g/mol. The number of rotatable bonds is 5. The Morgan fingerprint density at radius 2 is 1.94 bits per heavy atom. The Balaban J connectivity index is 2.11. The summed E-state index contributed by atoms with van der Waals surface area (Å²) >= 11 is 0. The van der Waals surface area contributed by atoms with Crippen molar-refractivity contribution in [1.82, 2.24) is 5.32 Å². The lowest BCUT2D eigenvalue weighted by atomic mass is 9.98. The SMILES string of the molecule is CNC(C1=CCCC1)c1ccc(OC(F)F)cc1. The Bertz CT molecular complexity index is 414. The van der Waals surface area contributed by atoms with E-state index >= 15 is 0 Å².